The molecule has 0 aliphatic carbocycles. The zero-order valence-corrected chi connectivity index (χ0v) is 19.5. The molecule has 23 heavy (non-hydrogen) atoms. The first-order chi connectivity index (χ1) is 10.6. The van der Waals surface area contributed by atoms with Crippen molar-refractivity contribution in [1.29, 1.82) is 0 Å². The van der Waals surface area contributed by atoms with Gasteiger partial charge >= 0.3 is 0 Å². The van der Waals surface area contributed by atoms with Crippen LogP contribution >= 0.6 is 0 Å². The Hall–Kier alpha value is -0.179. The number of hydrogen-bond acceptors (Lipinski definition) is 1. The van der Waals surface area contributed by atoms with Crippen LogP contribution in [0.3, 0.4) is 0 Å². The summed E-state index contributed by atoms with van der Waals surface area (Å²) in [5.74, 6) is 0.952. The zero-order valence-electron chi connectivity index (χ0n) is 14.8. The van der Waals surface area contributed by atoms with Crippen molar-refractivity contribution in [2.45, 2.75) is 45.2 Å². The monoisotopic (exact) mass is 452 g/mol. The number of ether oxygens (including phenoxy) is 1. The van der Waals surface area contributed by atoms with Gasteiger partial charge in [-0.25, -0.2) is 0 Å². The fourth-order valence-electron chi connectivity index (χ4n) is 2.81. The van der Waals surface area contributed by atoms with Crippen molar-refractivity contribution in [1.82, 2.24) is 0 Å². The molecule has 0 saturated heterocycles. The number of rotatable bonds is 7. The van der Waals surface area contributed by atoms with E-state index in [1.165, 1.54) is 35.2 Å². The second-order valence-corrected chi connectivity index (χ2v) is 9.53. The normalized spacial score (nSPS) is 10.7. The molecule has 0 aliphatic rings. The van der Waals surface area contributed by atoms with E-state index in [0.717, 1.165) is 11.3 Å². The van der Waals surface area contributed by atoms with Gasteiger partial charge in [0.25, 0.3) is 0 Å². The maximum absolute atomic E-state index is 5.27. The van der Waals surface area contributed by atoms with E-state index >= 15 is 0 Å². The van der Waals surface area contributed by atoms with Gasteiger partial charge in [-0.2, -0.15) is 0 Å². The number of methoxy groups -OCH3 is 1. The summed E-state index contributed by atoms with van der Waals surface area (Å²) < 4.78 is 5.27. The molecule has 0 amide bonds. The molecule has 2 rings (SSSR count). The van der Waals surface area contributed by atoms with Crippen molar-refractivity contribution in [2.75, 3.05) is 7.11 Å². The quantitative estimate of drug-likeness (QED) is 0.551. The van der Waals surface area contributed by atoms with Gasteiger partial charge in [0.1, 0.15) is 5.75 Å². The number of aryl methyl sites for hydroxylation is 2. The zero-order chi connectivity index (χ0) is 15.9. The van der Waals surface area contributed by atoms with Gasteiger partial charge in [-0.15, -0.1) is 0 Å². The van der Waals surface area contributed by atoms with Crippen LogP contribution in [0.5, 0.6) is 5.75 Å². The second kappa shape index (κ2) is 10.6. The standard InChI is InChI=1S/C20H27OSi.Pr/c1-16(2)22(20-13-11-19(21-4)12-14-20)15-5-6-18-9-7-17(3)8-10-18;/h7-14,16H,5-6,15H2,1-4H3;. The average Bonchev–Trinajstić information content (AvgIpc) is 2.53. The minimum atomic E-state index is -0.497. The Morgan fingerprint density at radius 2 is 1.57 bits per heavy atom. The molecule has 0 aromatic heterocycles. The smallest absolute Gasteiger partial charge is 0.118 e. The van der Waals surface area contributed by atoms with Crippen LogP contribution in [0.25, 0.3) is 0 Å². The maximum Gasteiger partial charge on any atom is 0.118 e. The summed E-state index contributed by atoms with van der Waals surface area (Å²) in [4.78, 5) is 0. The van der Waals surface area contributed by atoms with Gasteiger partial charge in [-0.1, -0.05) is 73.5 Å². The first-order valence-corrected chi connectivity index (χ1v) is 9.94. The summed E-state index contributed by atoms with van der Waals surface area (Å²) in [7, 11) is 1.23. The van der Waals surface area contributed by atoms with E-state index in [0.29, 0.717) is 0 Å². The Balaban J connectivity index is 0.00000264. The van der Waals surface area contributed by atoms with E-state index in [2.05, 4.69) is 69.3 Å². The number of hydrogen-bond donors (Lipinski definition) is 0. The SMILES string of the molecule is COc1ccc([Si](CCCc2ccc(C)cc2)C(C)C)cc1.[Pr]. The molecule has 0 saturated carbocycles. The van der Waals surface area contributed by atoms with Gasteiger partial charge in [0.2, 0.25) is 0 Å². The van der Waals surface area contributed by atoms with Crippen molar-refractivity contribution in [2.24, 2.45) is 0 Å². The fourth-order valence-corrected chi connectivity index (χ4v) is 5.49. The first-order valence-electron chi connectivity index (χ1n) is 8.16. The van der Waals surface area contributed by atoms with Crippen LogP contribution in [0.15, 0.2) is 48.5 Å². The van der Waals surface area contributed by atoms with Gasteiger partial charge in [-0.3, -0.25) is 0 Å². The molecule has 0 aliphatic heterocycles. The van der Waals surface area contributed by atoms with E-state index in [9.17, 15) is 0 Å². The molecule has 0 spiro atoms. The summed E-state index contributed by atoms with van der Waals surface area (Å²) in [6, 6.07) is 19.0. The van der Waals surface area contributed by atoms with Gasteiger partial charge in [-0.05, 0) is 36.6 Å². The van der Waals surface area contributed by atoms with Crippen molar-refractivity contribution in [3.8, 4) is 5.75 Å². The second-order valence-electron chi connectivity index (χ2n) is 6.25. The molecular formula is C20H27OPrSi. The van der Waals surface area contributed by atoms with Crippen molar-refractivity contribution < 1.29 is 46.0 Å². The molecule has 1 nitrogen and oxygen atoms in total. The molecule has 0 fully saturated rings. The van der Waals surface area contributed by atoms with E-state index in [1.54, 1.807) is 7.11 Å². The minimum absolute atomic E-state index is 0. The van der Waals surface area contributed by atoms with Gasteiger partial charge in [0.15, 0.2) is 0 Å². The van der Waals surface area contributed by atoms with E-state index in [4.69, 9.17) is 4.74 Å². The largest absolute Gasteiger partial charge is 0.497 e. The Morgan fingerprint density at radius 3 is 2.09 bits per heavy atom. The van der Waals surface area contributed by atoms with Gasteiger partial charge in [0.05, 0.1) is 15.9 Å². The fraction of sp³-hybridized carbons (Fsp3) is 0.400. The summed E-state index contributed by atoms with van der Waals surface area (Å²) in [5.41, 5.74) is 3.57. The third-order valence-electron chi connectivity index (χ3n) is 4.19. The van der Waals surface area contributed by atoms with Gasteiger partial charge < -0.3 is 4.74 Å². The predicted molar refractivity (Wildman–Crippen MR) is 97.8 cm³/mol. The van der Waals surface area contributed by atoms with Crippen molar-refractivity contribution in [3.05, 3.63) is 59.7 Å². The van der Waals surface area contributed by atoms with Gasteiger partial charge in [0, 0.05) is 41.3 Å². The summed E-state index contributed by atoms with van der Waals surface area (Å²) >= 11 is 0. The molecule has 2 aromatic rings. The molecule has 2 radical (unpaired) electrons. The predicted octanol–water partition coefficient (Wildman–Crippen LogP) is 4.75. The van der Waals surface area contributed by atoms with Crippen LogP contribution in [0.2, 0.25) is 11.6 Å². The molecule has 0 bridgehead atoms. The van der Waals surface area contributed by atoms with Crippen molar-refractivity contribution >= 4 is 14.0 Å². The maximum atomic E-state index is 5.27. The molecule has 0 atom stereocenters. The van der Waals surface area contributed by atoms with E-state index < -0.39 is 8.80 Å². The van der Waals surface area contributed by atoms with Crippen LogP contribution < -0.4 is 9.92 Å². The molecule has 0 heterocycles. The molecule has 2 aromatic carbocycles. The van der Waals surface area contributed by atoms with Crippen LogP contribution in [0.1, 0.15) is 31.4 Å². The number of benzene rings is 2. The molecular weight excluding hydrogens is 425 g/mol. The average molecular weight is 452 g/mol. The first kappa shape index (κ1) is 20.9. The van der Waals surface area contributed by atoms with E-state index in [1.807, 2.05) is 0 Å². The summed E-state index contributed by atoms with van der Waals surface area (Å²) in [6.07, 6.45) is 2.47. The third-order valence-corrected chi connectivity index (χ3v) is 7.55. The molecule has 3 heteroatoms. The molecule has 120 valence electrons. The van der Waals surface area contributed by atoms with Crippen LogP contribution in [0, 0.1) is 48.2 Å². The van der Waals surface area contributed by atoms with Crippen LogP contribution in [-0.4, -0.2) is 15.9 Å². The van der Waals surface area contributed by atoms with Crippen LogP contribution in [0.4, 0.5) is 0 Å². The molecule has 0 N–H and O–H groups in total. The Bertz CT molecular complexity index is 563. The topological polar surface area (TPSA) is 9.23 Å². The Kier molecular flexibility index (Phi) is 9.65. The minimum Gasteiger partial charge on any atom is -0.497 e. The summed E-state index contributed by atoms with van der Waals surface area (Å²) in [5, 5.41) is 1.53. The third kappa shape index (κ3) is 6.68. The molecule has 0 unspecified atom stereocenters. The Labute approximate surface area is 176 Å². The van der Waals surface area contributed by atoms with Crippen LogP contribution in [-0.2, 0) is 6.42 Å². The van der Waals surface area contributed by atoms with E-state index in [-0.39, 0.29) is 41.3 Å². The summed E-state index contributed by atoms with van der Waals surface area (Å²) in [6.45, 7) is 6.88. The van der Waals surface area contributed by atoms with Crippen molar-refractivity contribution in [3.63, 3.8) is 0 Å². The Morgan fingerprint density at radius 1 is 0.957 bits per heavy atom.